The molecule has 1 N–H and O–H groups in total. The third-order valence-corrected chi connectivity index (χ3v) is 5.87. The first kappa shape index (κ1) is 24.7. The summed E-state index contributed by atoms with van der Waals surface area (Å²) >= 11 is 0. The van der Waals surface area contributed by atoms with Crippen molar-refractivity contribution in [3.63, 3.8) is 0 Å². The maximum atomic E-state index is 12.4. The zero-order valence-electron chi connectivity index (χ0n) is 18.5. The molecule has 0 aliphatic carbocycles. The smallest absolute Gasteiger partial charge is 0.236 e. The van der Waals surface area contributed by atoms with Gasteiger partial charge in [0.05, 0.1) is 13.7 Å². The zero-order chi connectivity index (χ0) is 20.6. The summed E-state index contributed by atoms with van der Waals surface area (Å²) in [6.45, 7) is 8.88. The summed E-state index contributed by atoms with van der Waals surface area (Å²) in [6, 6.07) is 6.36. The summed E-state index contributed by atoms with van der Waals surface area (Å²) in [7, 11) is 3.55. The summed E-state index contributed by atoms with van der Waals surface area (Å²) in [5.41, 5.74) is 2.40. The molecular formula is C22H36IN5O2. The van der Waals surface area contributed by atoms with E-state index in [0.717, 1.165) is 82.3 Å². The number of benzene rings is 1. The number of aryl methyl sites for hydroxylation is 1. The molecule has 1 aromatic rings. The lowest BCUT2D eigenvalue weighted by molar-refractivity contribution is -0.131. The summed E-state index contributed by atoms with van der Waals surface area (Å²) < 4.78 is 5.42. The van der Waals surface area contributed by atoms with Gasteiger partial charge in [0, 0.05) is 52.9 Å². The molecule has 0 radical (unpaired) electrons. The molecular weight excluding hydrogens is 493 g/mol. The van der Waals surface area contributed by atoms with Crippen LogP contribution < -0.4 is 10.1 Å². The molecule has 0 aromatic heterocycles. The topological polar surface area (TPSA) is 60.4 Å². The Morgan fingerprint density at radius 3 is 2.43 bits per heavy atom. The van der Waals surface area contributed by atoms with Gasteiger partial charge in [-0.3, -0.25) is 14.7 Å². The number of methoxy groups -OCH3 is 1. The second kappa shape index (κ2) is 12.3. The Balaban J connectivity index is 0.00000320. The largest absolute Gasteiger partial charge is 0.496 e. The number of ether oxygens (including phenoxy) is 1. The Kier molecular flexibility index (Phi) is 10.2. The predicted octanol–water partition coefficient (Wildman–Crippen LogP) is 1.98. The van der Waals surface area contributed by atoms with Crippen molar-refractivity contribution in [1.29, 1.82) is 0 Å². The van der Waals surface area contributed by atoms with Crippen LogP contribution in [-0.2, 0) is 11.2 Å². The molecule has 0 unspecified atom stereocenters. The average molecular weight is 529 g/mol. The summed E-state index contributed by atoms with van der Waals surface area (Å²) in [5, 5.41) is 3.48. The molecule has 0 bridgehead atoms. The summed E-state index contributed by atoms with van der Waals surface area (Å²) in [5.74, 6) is 2.16. The van der Waals surface area contributed by atoms with Crippen LogP contribution in [0.3, 0.4) is 0 Å². The minimum absolute atomic E-state index is 0. The molecule has 1 amide bonds. The van der Waals surface area contributed by atoms with E-state index in [0.29, 0.717) is 6.54 Å². The second-order valence-electron chi connectivity index (χ2n) is 7.88. The van der Waals surface area contributed by atoms with Crippen molar-refractivity contribution < 1.29 is 9.53 Å². The third kappa shape index (κ3) is 6.73. The van der Waals surface area contributed by atoms with Crippen LogP contribution in [0.25, 0.3) is 0 Å². The fourth-order valence-electron chi connectivity index (χ4n) is 4.05. The van der Waals surface area contributed by atoms with Gasteiger partial charge >= 0.3 is 0 Å². The molecule has 8 heteroatoms. The Bertz CT molecular complexity index is 713. The molecule has 168 valence electrons. The molecule has 7 nitrogen and oxygen atoms in total. The van der Waals surface area contributed by atoms with Gasteiger partial charge in [-0.15, -0.1) is 24.0 Å². The lowest BCUT2D eigenvalue weighted by Crippen LogP contribution is -2.54. The lowest BCUT2D eigenvalue weighted by atomic mass is 10.1. The molecule has 30 heavy (non-hydrogen) atoms. The number of hydrogen-bond acceptors (Lipinski definition) is 4. The molecule has 2 saturated heterocycles. The van der Waals surface area contributed by atoms with Crippen molar-refractivity contribution in [2.24, 2.45) is 4.99 Å². The van der Waals surface area contributed by atoms with E-state index in [1.54, 1.807) is 7.11 Å². The number of guanidine groups is 1. The van der Waals surface area contributed by atoms with Crippen molar-refractivity contribution in [2.75, 3.05) is 66.5 Å². The molecule has 2 fully saturated rings. The molecule has 2 heterocycles. The van der Waals surface area contributed by atoms with E-state index in [1.807, 2.05) is 11.9 Å². The molecule has 0 atom stereocenters. The maximum Gasteiger partial charge on any atom is 0.236 e. The van der Waals surface area contributed by atoms with Gasteiger partial charge in [0.25, 0.3) is 0 Å². The van der Waals surface area contributed by atoms with Gasteiger partial charge < -0.3 is 19.9 Å². The number of aliphatic imine (C=N–C) groups is 1. The number of nitrogens with one attached hydrogen (secondary N) is 1. The minimum Gasteiger partial charge on any atom is -0.496 e. The lowest BCUT2D eigenvalue weighted by Gasteiger charge is -2.36. The van der Waals surface area contributed by atoms with Gasteiger partial charge in [-0.25, -0.2) is 0 Å². The number of rotatable bonds is 6. The van der Waals surface area contributed by atoms with E-state index in [2.05, 4.69) is 45.2 Å². The molecule has 1 aromatic carbocycles. The zero-order valence-corrected chi connectivity index (χ0v) is 20.9. The van der Waals surface area contributed by atoms with Crippen molar-refractivity contribution >= 4 is 35.8 Å². The monoisotopic (exact) mass is 529 g/mol. The molecule has 2 aliphatic rings. The summed E-state index contributed by atoms with van der Waals surface area (Å²) in [6.07, 6.45) is 3.22. The van der Waals surface area contributed by atoms with Crippen LogP contribution in [-0.4, -0.2) is 93.1 Å². The standard InChI is InChI=1S/C22H35N5O2.HI/c1-18-6-7-19(16-20(18)29-3)8-9-24-22(23-2)27-14-12-25(13-15-27)17-21(28)26-10-4-5-11-26;/h6-7,16H,4-5,8-15,17H2,1-3H3,(H,23,24);1H. The first-order valence-corrected chi connectivity index (χ1v) is 10.7. The normalized spacial score (nSPS) is 17.6. The SMILES string of the molecule is CN=C(NCCc1ccc(C)c(OC)c1)N1CCN(CC(=O)N2CCCC2)CC1.I. The molecule has 2 aliphatic heterocycles. The van der Waals surface area contributed by atoms with Gasteiger partial charge in [0.15, 0.2) is 5.96 Å². The average Bonchev–Trinajstić information content (AvgIpc) is 3.28. The molecule has 0 spiro atoms. The van der Waals surface area contributed by atoms with E-state index in [4.69, 9.17) is 4.74 Å². The number of nitrogens with zero attached hydrogens (tertiary/aromatic N) is 4. The van der Waals surface area contributed by atoms with Crippen LogP contribution in [0.15, 0.2) is 23.2 Å². The Labute approximate surface area is 197 Å². The van der Waals surface area contributed by atoms with Gasteiger partial charge in [0.2, 0.25) is 5.91 Å². The van der Waals surface area contributed by atoms with Crippen LogP contribution in [0.2, 0.25) is 0 Å². The first-order chi connectivity index (χ1) is 14.1. The van der Waals surface area contributed by atoms with Crippen LogP contribution in [0.5, 0.6) is 5.75 Å². The number of hydrogen-bond donors (Lipinski definition) is 1. The van der Waals surface area contributed by atoms with E-state index in [1.165, 1.54) is 5.56 Å². The number of carbonyl (C=O) groups excluding carboxylic acids is 1. The van der Waals surface area contributed by atoms with Crippen LogP contribution in [0.4, 0.5) is 0 Å². The quantitative estimate of drug-likeness (QED) is 0.347. The van der Waals surface area contributed by atoms with Gasteiger partial charge in [0.1, 0.15) is 5.75 Å². The number of halogens is 1. The number of likely N-dealkylation sites (tertiary alicyclic amines) is 1. The van der Waals surface area contributed by atoms with Crippen LogP contribution in [0, 0.1) is 6.92 Å². The van der Waals surface area contributed by atoms with Crippen molar-refractivity contribution in [3.8, 4) is 5.75 Å². The fraction of sp³-hybridized carbons (Fsp3) is 0.636. The predicted molar refractivity (Wildman–Crippen MR) is 132 cm³/mol. The van der Waals surface area contributed by atoms with Crippen LogP contribution >= 0.6 is 24.0 Å². The number of carbonyl (C=O) groups is 1. The highest BCUT2D eigenvalue weighted by Gasteiger charge is 2.24. The van der Waals surface area contributed by atoms with E-state index < -0.39 is 0 Å². The minimum atomic E-state index is 0. The fourth-order valence-corrected chi connectivity index (χ4v) is 4.05. The highest BCUT2D eigenvalue weighted by atomic mass is 127. The van der Waals surface area contributed by atoms with E-state index in [-0.39, 0.29) is 29.9 Å². The molecule has 0 saturated carbocycles. The highest BCUT2D eigenvalue weighted by Crippen LogP contribution is 2.19. The second-order valence-corrected chi connectivity index (χ2v) is 7.88. The Morgan fingerprint density at radius 1 is 1.10 bits per heavy atom. The Morgan fingerprint density at radius 2 is 1.80 bits per heavy atom. The number of piperazine rings is 1. The van der Waals surface area contributed by atoms with E-state index >= 15 is 0 Å². The van der Waals surface area contributed by atoms with Crippen molar-refractivity contribution in [1.82, 2.24) is 20.0 Å². The van der Waals surface area contributed by atoms with Crippen molar-refractivity contribution in [3.05, 3.63) is 29.3 Å². The first-order valence-electron chi connectivity index (χ1n) is 10.7. The van der Waals surface area contributed by atoms with Gasteiger partial charge in [-0.2, -0.15) is 0 Å². The van der Waals surface area contributed by atoms with Crippen molar-refractivity contribution in [2.45, 2.75) is 26.2 Å². The Hall–Kier alpha value is -1.55. The van der Waals surface area contributed by atoms with Crippen LogP contribution in [0.1, 0.15) is 24.0 Å². The van der Waals surface area contributed by atoms with Gasteiger partial charge in [-0.05, 0) is 43.4 Å². The summed E-state index contributed by atoms with van der Waals surface area (Å²) in [4.78, 5) is 23.4. The highest BCUT2D eigenvalue weighted by molar-refractivity contribution is 14.0. The third-order valence-electron chi connectivity index (χ3n) is 5.87. The van der Waals surface area contributed by atoms with Gasteiger partial charge in [-0.1, -0.05) is 12.1 Å². The maximum absolute atomic E-state index is 12.4. The molecule has 3 rings (SSSR count). The number of amides is 1. The van der Waals surface area contributed by atoms with E-state index in [9.17, 15) is 4.79 Å².